The van der Waals surface area contributed by atoms with E-state index in [0.29, 0.717) is 22.8 Å². The van der Waals surface area contributed by atoms with Gasteiger partial charge in [0.15, 0.2) is 5.82 Å². The number of aromatic nitrogens is 3. The fraction of sp³-hybridized carbons (Fsp3) is 0.350. The maximum atomic E-state index is 12.5. The molecule has 1 fully saturated rings. The van der Waals surface area contributed by atoms with Gasteiger partial charge in [-0.1, -0.05) is 19.8 Å². The van der Waals surface area contributed by atoms with E-state index in [1.807, 2.05) is 10.7 Å². The SMILES string of the molecule is C[C@H]1CCCC[C@@H]1n1nc(Nc2ccc(C(=O)O)cc2)c2c(=O)[nH]ccc21. The number of anilines is 2. The molecule has 140 valence electrons. The molecule has 0 saturated heterocycles. The van der Waals surface area contributed by atoms with Gasteiger partial charge >= 0.3 is 5.97 Å². The van der Waals surface area contributed by atoms with E-state index in [-0.39, 0.29) is 17.2 Å². The number of pyridine rings is 1. The van der Waals surface area contributed by atoms with Crippen molar-refractivity contribution in [1.82, 2.24) is 14.8 Å². The molecule has 27 heavy (non-hydrogen) atoms. The Morgan fingerprint density at radius 2 is 1.96 bits per heavy atom. The maximum absolute atomic E-state index is 12.5. The fourth-order valence-corrected chi connectivity index (χ4v) is 3.93. The van der Waals surface area contributed by atoms with Crippen molar-refractivity contribution < 1.29 is 9.90 Å². The maximum Gasteiger partial charge on any atom is 0.335 e. The third-order valence-electron chi connectivity index (χ3n) is 5.41. The van der Waals surface area contributed by atoms with Crippen LogP contribution >= 0.6 is 0 Å². The van der Waals surface area contributed by atoms with Crippen LogP contribution in [0.2, 0.25) is 0 Å². The fourth-order valence-electron chi connectivity index (χ4n) is 3.93. The van der Waals surface area contributed by atoms with E-state index < -0.39 is 5.97 Å². The van der Waals surface area contributed by atoms with Gasteiger partial charge in [0.05, 0.1) is 17.1 Å². The lowest BCUT2D eigenvalue weighted by molar-refractivity contribution is 0.0697. The van der Waals surface area contributed by atoms with Gasteiger partial charge < -0.3 is 15.4 Å². The Hall–Kier alpha value is -3.09. The molecule has 1 aromatic carbocycles. The van der Waals surface area contributed by atoms with Crippen LogP contribution in [0.4, 0.5) is 11.5 Å². The quantitative estimate of drug-likeness (QED) is 0.650. The molecular formula is C20H22N4O3. The smallest absolute Gasteiger partial charge is 0.335 e. The molecule has 0 bridgehead atoms. The molecule has 3 aromatic rings. The summed E-state index contributed by atoms with van der Waals surface area (Å²) < 4.78 is 1.99. The average molecular weight is 366 g/mol. The number of hydrogen-bond acceptors (Lipinski definition) is 4. The van der Waals surface area contributed by atoms with E-state index in [9.17, 15) is 9.59 Å². The number of fused-ring (bicyclic) bond motifs is 1. The van der Waals surface area contributed by atoms with Crippen molar-refractivity contribution in [3.63, 3.8) is 0 Å². The predicted octanol–water partition coefficient (Wildman–Crippen LogP) is 3.92. The number of nitrogens with zero attached hydrogens (tertiary/aromatic N) is 2. The van der Waals surface area contributed by atoms with E-state index in [4.69, 9.17) is 10.2 Å². The first-order chi connectivity index (χ1) is 13.0. The molecule has 0 spiro atoms. The zero-order chi connectivity index (χ0) is 19.0. The molecule has 4 rings (SSSR count). The van der Waals surface area contributed by atoms with E-state index in [2.05, 4.69) is 17.2 Å². The summed E-state index contributed by atoms with van der Waals surface area (Å²) in [4.78, 5) is 26.2. The third kappa shape index (κ3) is 3.20. The molecule has 3 N–H and O–H groups in total. The lowest BCUT2D eigenvalue weighted by Gasteiger charge is -2.29. The van der Waals surface area contributed by atoms with Crippen molar-refractivity contribution >= 4 is 28.4 Å². The number of hydrogen-bond donors (Lipinski definition) is 3. The molecule has 2 atom stereocenters. The number of rotatable bonds is 4. The van der Waals surface area contributed by atoms with Crippen molar-refractivity contribution in [2.45, 2.75) is 38.6 Å². The zero-order valence-corrected chi connectivity index (χ0v) is 15.1. The number of benzene rings is 1. The average Bonchev–Trinajstić information content (AvgIpc) is 3.02. The first-order valence-electron chi connectivity index (χ1n) is 9.25. The number of nitrogens with one attached hydrogen (secondary N) is 2. The lowest BCUT2D eigenvalue weighted by atomic mass is 9.86. The molecule has 1 aliphatic carbocycles. The molecule has 7 nitrogen and oxygen atoms in total. The minimum Gasteiger partial charge on any atom is -0.478 e. The Morgan fingerprint density at radius 3 is 2.67 bits per heavy atom. The molecule has 7 heteroatoms. The summed E-state index contributed by atoms with van der Waals surface area (Å²) in [6, 6.07) is 8.56. The molecule has 0 aliphatic heterocycles. The van der Waals surface area contributed by atoms with E-state index in [1.165, 1.54) is 25.0 Å². The first-order valence-corrected chi connectivity index (χ1v) is 9.25. The molecule has 1 saturated carbocycles. The van der Waals surface area contributed by atoms with Gasteiger partial charge in [-0.25, -0.2) is 4.79 Å². The van der Waals surface area contributed by atoms with Crippen LogP contribution in [0, 0.1) is 5.92 Å². The van der Waals surface area contributed by atoms with E-state index in [0.717, 1.165) is 18.4 Å². The summed E-state index contributed by atoms with van der Waals surface area (Å²) in [5, 5.41) is 17.5. The Balaban J connectivity index is 1.76. The number of carbonyl (C=O) groups is 1. The number of H-pyrrole nitrogens is 1. The highest BCUT2D eigenvalue weighted by molar-refractivity contribution is 5.92. The van der Waals surface area contributed by atoms with Crippen molar-refractivity contribution in [3.05, 3.63) is 52.4 Å². The third-order valence-corrected chi connectivity index (χ3v) is 5.41. The summed E-state index contributed by atoms with van der Waals surface area (Å²) in [7, 11) is 0. The van der Waals surface area contributed by atoms with Gasteiger partial charge in [-0.15, -0.1) is 0 Å². The highest BCUT2D eigenvalue weighted by Gasteiger charge is 2.27. The van der Waals surface area contributed by atoms with Gasteiger partial charge in [-0.05, 0) is 49.1 Å². The number of carboxylic acids is 1. The molecule has 2 heterocycles. The molecule has 0 radical (unpaired) electrons. The number of aromatic carboxylic acids is 1. The van der Waals surface area contributed by atoms with Crippen molar-refractivity contribution in [1.29, 1.82) is 0 Å². The van der Waals surface area contributed by atoms with Crippen LogP contribution in [-0.2, 0) is 0 Å². The molecule has 2 aromatic heterocycles. The standard InChI is InChI=1S/C20H22N4O3/c1-12-4-2-3-5-15(12)24-16-10-11-21-19(25)17(16)18(23-24)22-14-8-6-13(7-9-14)20(26)27/h6-12,15H,2-5H2,1H3,(H,21,25)(H,22,23)(H,26,27)/t12-,15-/m0/s1. The van der Waals surface area contributed by atoms with Crippen LogP contribution in [0.15, 0.2) is 41.3 Å². The van der Waals surface area contributed by atoms with Gasteiger partial charge in [0, 0.05) is 11.9 Å². The van der Waals surface area contributed by atoms with Crippen molar-refractivity contribution in [2.24, 2.45) is 5.92 Å². The second-order valence-electron chi connectivity index (χ2n) is 7.20. The molecule has 0 amide bonds. The van der Waals surface area contributed by atoms with Crippen LogP contribution in [0.25, 0.3) is 10.9 Å². The summed E-state index contributed by atoms with van der Waals surface area (Å²) in [5.41, 5.74) is 1.53. The first kappa shape index (κ1) is 17.3. The van der Waals surface area contributed by atoms with Crippen molar-refractivity contribution in [3.8, 4) is 0 Å². The zero-order valence-electron chi connectivity index (χ0n) is 15.1. The van der Waals surface area contributed by atoms with Gasteiger partial charge in [0.2, 0.25) is 0 Å². The van der Waals surface area contributed by atoms with Gasteiger partial charge in [-0.3, -0.25) is 9.48 Å². The Labute approximate surface area is 156 Å². The normalized spacial score (nSPS) is 19.9. The Kier molecular flexibility index (Phi) is 4.43. The summed E-state index contributed by atoms with van der Waals surface area (Å²) >= 11 is 0. The highest BCUT2D eigenvalue weighted by Crippen LogP contribution is 2.36. The molecular weight excluding hydrogens is 344 g/mol. The van der Waals surface area contributed by atoms with E-state index >= 15 is 0 Å². The summed E-state index contributed by atoms with van der Waals surface area (Å²) in [5.74, 6) is 0.0237. The van der Waals surface area contributed by atoms with Crippen LogP contribution in [0.5, 0.6) is 0 Å². The van der Waals surface area contributed by atoms with Crippen LogP contribution in [0.3, 0.4) is 0 Å². The largest absolute Gasteiger partial charge is 0.478 e. The highest BCUT2D eigenvalue weighted by atomic mass is 16.4. The number of aromatic amines is 1. The van der Waals surface area contributed by atoms with Crippen LogP contribution in [-0.4, -0.2) is 25.8 Å². The minimum atomic E-state index is -0.973. The van der Waals surface area contributed by atoms with Gasteiger partial charge in [0.25, 0.3) is 5.56 Å². The lowest BCUT2D eigenvalue weighted by Crippen LogP contribution is -2.22. The van der Waals surface area contributed by atoms with Crippen LogP contribution < -0.4 is 10.9 Å². The minimum absolute atomic E-state index is 0.188. The van der Waals surface area contributed by atoms with Crippen molar-refractivity contribution in [2.75, 3.05) is 5.32 Å². The summed E-state index contributed by atoms with van der Waals surface area (Å²) in [6.07, 6.45) is 6.27. The Morgan fingerprint density at radius 1 is 1.22 bits per heavy atom. The van der Waals surface area contributed by atoms with Crippen LogP contribution in [0.1, 0.15) is 49.0 Å². The topological polar surface area (TPSA) is 100 Å². The number of carboxylic acid groups (broad SMARTS) is 1. The molecule has 0 unspecified atom stereocenters. The second-order valence-corrected chi connectivity index (χ2v) is 7.20. The second kappa shape index (κ2) is 6.90. The monoisotopic (exact) mass is 366 g/mol. The molecule has 1 aliphatic rings. The van der Waals surface area contributed by atoms with Gasteiger partial charge in [-0.2, -0.15) is 5.10 Å². The predicted molar refractivity (Wildman–Crippen MR) is 104 cm³/mol. The van der Waals surface area contributed by atoms with E-state index in [1.54, 1.807) is 18.3 Å². The summed E-state index contributed by atoms with van der Waals surface area (Å²) in [6.45, 7) is 2.24. The Bertz CT molecular complexity index is 1040. The van der Waals surface area contributed by atoms with Gasteiger partial charge in [0.1, 0.15) is 5.39 Å².